The maximum atomic E-state index is 12.1. The Hall–Kier alpha value is -2.90. The molecule has 0 aliphatic carbocycles. The third kappa shape index (κ3) is 2.62. The first kappa shape index (κ1) is 14.1. The number of benzene rings is 1. The van der Waals surface area contributed by atoms with Crippen molar-refractivity contribution in [3.8, 4) is 5.75 Å². The van der Waals surface area contributed by atoms with Gasteiger partial charge in [-0.2, -0.15) is 5.10 Å². The quantitative estimate of drug-likeness (QED) is 0.771. The van der Waals surface area contributed by atoms with Crippen molar-refractivity contribution in [1.82, 2.24) is 20.1 Å². The fraction of sp³-hybridized carbons (Fsp3) is 0.286. The summed E-state index contributed by atoms with van der Waals surface area (Å²) < 4.78 is 11.7. The summed E-state index contributed by atoms with van der Waals surface area (Å²) in [6.07, 6.45) is 2.02. The van der Waals surface area contributed by atoms with E-state index in [-0.39, 0.29) is 5.91 Å². The van der Waals surface area contributed by atoms with Crippen molar-refractivity contribution in [3.05, 3.63) is 30.1 Å². The lowest BCUT2D eigenvalue weighted by Gasteiger charge is -2.07. The van der Waals surface area contributed by atoms with Gasteiger partial charge in [0.1, 0.15) is 0 Å². The Kier molecular flexibility index (Phi) is 3.73. The van der Waals surface area contributed by atoms with E-state index in [0.717, 1.165) is 5.69 Å². The van der Waals surface area contributed by atoms with Crippen LogP contribution in [-0.4, -0.2) is 33.1 Å². The molecular formula is C14H15N5O3. The van der Waals surface area contributed by atoms with Crippen LogP contribution in [0, 0.1) is 6.92 Å². The van der Waals surface area contributed by atoms with E-state index in [1.807, 2.05) is 13.0 Å². The van der Waals surface area contributed by atoms with E-state index in [9.17, 15) is 4.79 Å². The lowest BCUT2D eigenvalue weighted by atomic mass is 10.2. The van der Waals surface area contributed by atoms with Crippen LogP contribution in [0.15, 0.2) is 29.0 Å². The van der Waals surface area contributed by atoms with Crippen LogP contribution in [0.25, 0.3) is 11.0 Å². The number of ether oxygens (including phenoxy) is 1. The second-order valence-corrected chi connectivity index (χ2v) is 4.77. The molecule has 0 bridgehead atoms. The van der Waals surface area contributed by atoms with E-state index in [4.69, 9.17) is 9.37 Å². The fourth-order valence-corrected chi connectivity index (χ4v) is 2.16. The Morgan fingerprint density at radius 1 is 1.32 bits per heavy atom. The number of rotatable bonds is 5. The Bertz CT molecular complexity index is 808. The Balaban J connectivity index is 1.72. The van der Waals surface area contributed by atoms with Crippen molar-refractivity contribution >= 4 is 22.6 Å². The van der Waals surface area contributed by atoms with E-state index in [0.29, 0.717) is 35.4 Å². The van der Waals surface area contributed by atoms with Gasteiger partial charge in [-0.15, -0.1) is 0 Å². The van der Waals surface area contributed by atoms with E-state index in [1.54, 1.807) is 23.0 Å². The molecular weight excluding hydrogens is 286 g/mol. The van der Waals surface area contributed by atoms with Gasteiger partial charge in [0.05, 0.1) is 12.8 Å². The minimum absolute atomic E-state index is 0.135. The third-order valence-electron chi connectivity index (χ3n) is 3.35. The second kappa shape index (κ2) is 5.84. The van der Waals surface area contributed by atoms with E-state index >= 15 is 0 Å². The molecule has 114 valence electrons. The Morgan fingerprint density at radius 3 is 2.86 bits per heavy atom. The largest absolute Gasteiger partial charge is 0.494 e. The molecule has 3 rings (SSSR count). The number of carbonyl (C=O) groups is 1. The van der Waals surface area contributed by atoms with Gasteiger partial charge in [-0.3, -0.25) is 9.48 Å². The molecule has 1 aromatic carbocycles. The van der Waals surface area contributed by atoms with Crippen LogP contribution in [0.3, 0.4) is 0 Å². The molecule has 0 spiro atoms. The van der Waals surface area contributed by atoms with Crippen molar-refractivity contribution in [2.75, 3.05) is 12.4 Å². The van der Waals surface area contributed by atoms with Crippen molar-refractivity contribution in [3.63, 3.8) is 0 Å². The van der Waals surface area contributed by atoms with Crippen LogP contribution in [0.5, 0.6) is 5.75 Å². The third-order valence-corrected chi connectivity index (χ3v) is 3.35. The van der Waals surface area contributed by atoms with Crippen LogP contribution in [-0.2, 0) is 11.3 Å². The predicted octanol–water partition coefficient (Wildman–Crippen LogP) is 1.77. The molecule has 22 heavy (non-hydrogen) atoms. The molecule has 0 aliphatic rings. The normalized spacial score (nSPS) is 10.8. The van der Waals surface area contributed by atoms with Gasteiger partial charge in [-0.25, -0.2) is 4.63 Å². The molecule has 0 atom stereocenters. The van der Waals surface area contributed by atoms with Crippen LogP contribution >= 0.6 is 0 Å². The summed E-state index contributed by atoms with van der Waals surface area (Å²) in [7, 11) is 1.54. The van der Waals surface area contributed by atoms with Crippen LogP contribution in [0.2, 0.25) is 0 Å². The molecule has 0 aliphatic heterocycles. The minimum Gasteiger partial charge on any atom is -0.494 e. The van der Waals surface area contributed by atoms with Gasteiger partial charge < -0.3 is 10.1 Å². The molecule has 0 saturated carbocycles. The van der Waals surface area contributed by atoms with Crippen molar-refractivity contribution < 1.29 is 14.2 Å². The molecule has 0 saturated heterocycles. The average Bonchev–Trinajstić information content (AvgIpc) is 3.15. The van der Waals surface area contributed by atoms with Gasteiger partial charge in [-0.1, -0.05) is 0 Å². The predicted molar refractivity (Wildman–Crippen MR) is 78.6 cm³/mol. The average molecular weight is 301 g/mol. The van der Waals surface area contributed by atoms with Crippen molar-refractivity contribution in [1.29, 1.82) is 0 Å². The first-order valence-corrected chi connectivity index (χ1v) is 6.76. The Labute approximate surface area is 126 Å². The topological polar surface area (TPSA) is 95.1 Å². The fourth-order valence-electron chi connectivity index (χ4n) is 2.16. The van der Waals surface area contributed by atoms with Gasteiger partial charge in [0.15, 0.2) is 16.8 Å². The van der Waals surface area contributed by atoms with Gasteiger partial charge in [-0.05, 0) is 35.4 Å². The Morgan fingerprint density at radius 2 is 2.14 bits per heavy atom. The number of aryl methyl sites for hydroxylation is 2. The molecule has 0 unspecified atom stereocenters. The number of carbonyl (C=O) groups excluding carboxylic acids is 1. The highest BCUT2D eigenvalue weighted by Gasteiger charge is 2.14. The lowest BCUT2D eigenvalue weighted by Crippen LogP contribution is -2.15. The maximum Gasteiger partial charge on any atom is 0.226 e. The molecule has 0 fully saturated rings. The zero-order valence-electron chi connectivity index (χ0n) is 12.2. The number of nitrogens with one attached hydrogen (secondary N) is 1. The van der Waals surface area contributed by atoms with E-state index < -0.39 is 0 Å². The first-order valence-electron chi connectivity index (χ1n) is 6.76. The number of nitrogens with zero attached hydrogens (tertiary/aromatic N) is 4. The number of anilines is 1. The summed E-state index contributed by atoms with van der Waals surface area (Å²) >= 11 is 0. The second-order valence-electron chi connectivity index (χ2n) is 4.77. The molecule has 8 heteroatoms. The van der Waals surface area contributed by atoms with Crippen molar-refractivity contribution in [2.45, 2.75) is 19.9 Å². The van der Waals surface area contributed by atoms with Gasteiger partial charge >= 0.3 is 0 Å². The number of aromatic nitrogens is 4. The highest BCUT2D eigenvalue weighted by molar-refractivity contribution is 6.00. The molecule has 1 amide bonds. The van der Waals surface area contributed by atoms with E-state index in [2.05, 4.69) is 20.7 Å². The van der Waals surface area contributed by atoms with Crippen LogP contribution < -0.4 is 10.1 Å². The summed E-state index contributed by atoms with van der Waals surface area (Å²) in [5.41, 5.74) is 2.49. The van der Waals surface area contributed by atoms with Crippen LogP contribution in [0.4, 0.5) is 5.69 Å². The summed E-state index contributed by atoms with van der Waals surface area (Å²) in [6, 6.07) is 5.31. The number of hydrogen-bond acceptors (Lipinski definition) is 6. The monoisotopic (exact) mass is 301 g/mol. The zero-order chi connectivity index (χ0) is 15.5. The highest BCUT2D eigenvalue weighted by Crippen LogP contribution is 2.28. The lowest BCUT2D eigenvalue weighted by molar-refractivity contribution is -0.116. The molecule has 2 heterocycles. The number of fused-ring (bicyclic) bond motifs is 1. The zero-order valence-corrected chi connectivity index (χ0v) is 12.2. The standard InChI is InChI=1S/C14H15N5O3/c1-9-5-7-15-19(9)8-6-12(20)16-10-3-4-11(21-2)14-13(10)17-22-18-14/h3-5,7H,6,8H2,1-2H3,(H,16,20). The van der Waals surface area contributed by atoms with Gasteiger partial charge in [0, 0.05) is 24.9 Å². The van der Waals surface area contributed by atoms with Crippen molar-refractivity contribution in [2.24, 2.45) is 0 Å². The molecule has 3 aromatic rings. The summed E-state index contributed by atoms with van der Waals surface area (Å²) in [4.78, 5) is 12.1. The molecule has 8 nitrogen and oxygen atoms in total. The summed E-state index contributed by atoms with van der Waals surface area (Å²) in [6.45, 7) is 2.46. The highest BCUT2D eigenvalue weighted by atomic mass is 16.6. The summed E-state index contributed by atoms with van der Waals surface area (Å²) in [5.74, 6) is 0.408. The smallest absolute Gasteiger partial charge is 0.226 e. The van der Waals surface area contributed by atoms with Crippen LogP contribution in [0.1, 0.15) is 12.1 Å². The van der Waals surface area contributed by atoms with Gasteiger partial charge in [0.25, 0.3) is 0 Å². The summed E-state index contributed by atoms with van der Waals surface area (Å²) in [5, 5.41) is 14.5. The maximum absolute atomic E-state index is 12.1. The first-order chi connectivity index (χ1) is 10.7. The molecule has 2 aromatic heterocycles. The van der Waals surface area contributed by atoms with E-state index in [1.165, 1.54) is 7.11 Å². The number of amides is 1. The molecule has 0 radical (unpaired) electrons. The molecule has 1 N–H and O–H groups in total. The van der Waals surface area contributed by atoms with Gasteiger partial charge in [0.2, 0.25) is 5.91 Å². The number of hydrogen-bond donors (Lipinski definition) is 1. The number of methoxy groups -OCH3 is 1. The SMILES string of the molecule is COc1ccc(NC(=O)CCn2nccc2C)c2nonc12. The minimum atomic E-state index is -0.135.